The van der Waals surface area contributed by atoms with Crippen LogP contribution in [0.4, 0.5) is 4.39 Å². The Morgan fingerprint density at radius 2 is 1.73 bits per heavy atom. The number of hydrogen-bond donors (Lipinski definition) is 0. The van der Waals surface area contributed by atoms with E-state index in [-0.39, 0.29) is 26.7 Å². The molecule has 0 radical (unpaired) electrons. The van der Waals surface area contributed by atoms with Crippen molar-refractivity contribution < 1.29 is 13.9 Å². The van der Waals surface area contributed by atoms with Crippen molar-refractivity contribution in [3.63, 3.8) is 0 Å². The second-order valence-electron chi connectivity index (χ2n) is 6.02. The fourth-order valence-corrected chi connectivity index (χ4v) is 5.60. The van der Waals surface area contributed by atoms with E-state index in [1.807, 2.05) is 18.2 Å². The van der Waals surface area contributed by atoms with Crippen LogP contribution >= 0.6 is 11.6 Å². The number of rotatable bonds is 4. The van der Waals surface area contributed by atoms with Crippen LogP contribution in [0.3, 0.4) is 0 Å². The average Bonchev–Trinajstić information content (AvgIpc) is 2.94. The fourth-order valence-electron chi connectivity index (χ4n) is 3.12. The molecule has 1 aliphatic heterocycles. The van der Waals surface area contributed by atoms with Crippen LogP contribution in [0.1, 0.15) is 21.5 Å². The Morgan fingerprint density at radius 1 is 1.00 bits per heavy atom. The second kappa shape index (κ2) is 6.88. The number of esters is 1. The first kappa shape index (κ1) is 17.3. The Balaban J connectivity index is 1.82. The van der Waals surface area contributed by atoms with Gasteiger partial charge in [-0.1, -0.05) is 0 Å². The van der Waals surface area contributed by atoms with Crippen LogP contribution in [0.25, 0.3) is 0 Å². The summed E-state index contributed by atoms with van der Waals surface area (Å²) in [6.45, 7) is 0. The van der Waals surface area contributed by atoms with Gasteiger partial charge in [0.1, 0.15) is 0 Å². The minimum atomic E-state index is -0.944. The van der Waals surface area contributed by atoms with Crippen molar-refractivity contribution in [3.05, 3.63) is 100 Å². The molecular weight excluding hydrogens is 418 g/mol. The third kappa shape index (κ3) is 3.05. The zero-order valence-corrected chi connectivity index (χ0v) is 16.1. The number of carbonyl (C=O) groups is 1. The molecule has 0 N–H and O–H groups in total. The fraction of sp³-hybridized carbons (Fsp3) is 0.0952. The molecule has 0 saturated carbocycles. The van der Waals surface area contributed by atoms with Crippen LogP contribution in [0.15, 0.2) is 72.8 Å². The number of fused-ring (bicyclic) bond motifs is 1. The number of hydrogen-bond acceptors (Lipinski definition) is 2. The summed E-state index contributed by atoms with van der Waals surface area (Å²) in [4.78, 5) is 12.5. The third-order valence-corrected chi connectivity index (χ3v) is 7.06. The molecule has 0 bridgehead atoms. The van der Waals surface area contributed by atoms with E-state index in [4.69, 9.17) is 16.3 Å². The van der Waals surface area contributed by atoms with E-state index in [9.17, 15) is 9.18 Å². The van der Waals surface area contributed by atoms with Crippen LogP contribution in [0.5, 0.6) is 0 Å². The van der Waals surface area contributed by atoms with Gasteiger partial charge in [0.05, 0.1) is 0 Å². The van der Waals surface area contributed by atoms with Gasteiger partial charge in [-0.15, -0.1) is 0 Å². The normalized spacial score (nSPS) is 18.5. The van der Waals surface area contributed by atoms with Gasteiger partial charge in [-0.2, -0.15) is 0 Å². The second-order valence-corrected chi connectivity index (χ2v) is 8.65. The molecule has 0 saturated heterocycles. The standard InChI is InChI=1S/C21H14ClFO2Se/c22-15-8-11-18-19(12-15)21(25-20(18)24,14-6-9-16(23)10-7-14)13-26-17-4-2-1-3-5-17/h1-12H,13H2. The maximum absolute atomic E-state index is 13.5. The molecule has 130 valence electrons. The summed E-state index contributed by atoms with van der Waals surface area (Å²) >= 11 is 6.26. The van der Waals surface area contributed by atoms with Gasteiger partial charge in [-0.3, -0.25) is 0 Å². The van der Waals surface area contributed by atoms with Gasteiger partial charge < -0.3 is 0 Å². The quantitative estimate of drug-likeness (QED) is 0.454. The minimum absolute atomic E-state index is 0.0554. The predicted molar refractivity (Wildman–Crippen MR) is 101 cm³/mol. The zero-order chi connectivity index (χ0) is 18.1. The van der Waals surface area contributed by atoms with E-state index in [1.165, 1.54) is 16.6 Å². The van der Waals surface area contributed by atoms with Crippen LogP contribution in [-0.4, -0.2) is 20.9 Å². The van der Waals surface area contributed by atoms with E-state index in [0.717, 1.165) is 11.1 Å². The summed E-state index contributed by atoms with van der Waals surface area (Å²) in [7, 11) is 0. The van der Waals surface area contributed by atoms with Gasteiger partial charge in [0.25, 0.3) is 0 Å². The Morgan fingerprint density at radius 3 is 2.46 bits per heavy atom. The van der Waals surface area contributed by atoms with Gasteiger partial charge in [0, 0.05) is 0 Å². The van der Waals surface area contributed by atoms with Crippen molar-refractivity contribution in [1.29, 1.82) is 0 Å². The van der Waals surface area contributed by atoms with Crippen molar-refractivity contribution >= 4 is 37.0 Å². The monoisotopic (exact) mass is 432 g/mol. The number of ether oxygens (including phenoxy) is 1. The molecule has 1 heterocycles. The third-order valence-electron chi connectivity index (χ3n) is 4.40. The Bertz CT molecular complexity index is 960. The number of benzene rings is 3. The molecule has 0 spiro atoms. The maximum atomic E-state index is 13.5. The van der Waals surface area contributed by atoms with Crippen molar-refractivity contribution in [1.82, 2.24) is 0 Å². The first-order valence-electron chi connectivity index (χ1n) is 8.06. The van der Waals surface area contributed by atoms with E-state index in [0.29, 0.717) is 15.9 Å². The van der Waals surface area contributed by atoms with Crippen LogP contribution in [0.2, 0.25) is 10.3 Å². The molecule has 1 atom stereocenters. The summed E-state index contributed by atoms with van der Waals surface area (Å²) in [5.41, 5.74) is 1.08. The van der Waals surface area contributed by atoms with Gasteiger partial charge in [-0.25, -0.2) is 0 Å². The predicted octanol–water partition coefficient (Wildman–Crippen LogP) is 4.34. The van der Waals surface area contributed by atoms with Gasteiger partial charge in [-0.05, 0) is 0 Å². The van der Waals surface area contributed by atoms with Crippen molar-refractivity contribution in [2.45, 2.75) is 10.9 Å². The zero-order valence-electron chi connectivity index (χ0n) is 13.6. The number of cyclic esters (lactones) is 1. The first-order chi connectivity index (χ1) is 12.6. The molecule has 1 aliphatic rings. The van der Waals surface area contributed by atoms with E-state index in [1.54, 1.807) is 30.3 Å². The van der Waals surface area contributed by atoms with Crippen LogP contribution < -0.4 is 4.46 Å². The molecule has 5 heteroatoms. The molecular formula is C21H14ClFO2Se. The number of halogens is 2. The summed E-state index contributed by atoms with van der Waals surface area (Å²) < 4.78 is 20.6. The van der Waals surface area contributed by atoms with E-state index >= 15 is 0 Å². The molecule has 4 rings (SSSR count). The van der Waals surface area contributed by atoms with Crippen molar-refractivity contribution in [2.24, 2.45) is 0 Å². The topological polar surface area (TPSA) is 26.3 Å². The van der Waals surface area contributed by atoms with Crippen LogP contribution in [-0.2, 0) is 10.3 Å². The molecule has 26 heavy (non-hydrogen) atoms. The molecule has 3 aromatic carbocycles. The molecule has 3 aromatic rings. The number of carbonyl (C=O) groups excluding carboxylic acids is 1. The average molecular weight is 432 g/mol. The molecule has 0 aromatic heterocycles. The van der Waals surface area contributed by atoms with Crippen molar-refractivity contribution in [2.75, 3.05) is 0 Å². The Labute approximate surface area is 162 Å². The van der Waals surface area contributed by atoms with Gasteiger partial charge in [0.2, 0.25) is 0 Å². The van der Waals surface area contributed by atoms with Crippen LogP contribution in [0, 0.1) is 5.82 Å². The summed E-state index contributed by atoms with van der Waals surface area (Å²) in [5, 5.41) is 1.15. The van der Waals surface area contributed by atoms with Crippen molar-refractivity contribution in [3.8, 4) is 0 Å². The SMILES string of the molecule is O=C1OC(C[Se]c2ccccc2)(c2ccc(F)cc2)c2cc(Cl)ccc21. The van der Waals surface area contributed by atoms with E-state index < -0.39 is 5.60 Å². The van der Waals surface area contributed by atoms with E-state index in [2.05, 4.69) is 12.1 Å². The van der Waals surface area contributed by atoms with Gasteiger partial charge in [0.15, 0.2) is 0 Å². The molecule has 0 aliphatic carbocycles. The summed E-state index contributed by atoms with van der Waals surface area (Å²) in [5.74, 6) is -0.696. The summed E-state index contributed by atoms with van der Waals surface area (Å²) in [6.07, 6.45) is 0. The molecule has 2 nitrogen and oxygen atoms in total. The molecule has 0 amide bonds. The Kier molecular flexibility index (Phi) is 4.58. The Hall–Kier alpha value is -2.13. The van der Waals surface area contributed by atoms with Gasteiger partial charge >= 0.3 is 162 Å². The first-order valence-corrected chi connectivity index (χ1v) is 10.5. The summed E-state index contributed by atoms with van der Waals surface area (Å²) in [6, 6.07) is 21.4. The molecule has 1 unspecified atom stereocenters. The molecule has 0 fully saturated rings.